The van der Waals surface area contributed by atoms with E-state index in [2.05, 4.69) is 31.4 Å². The van der Waals surface area contributed by atoms with Crippen LogP contribution in [0.2, 0.25) is 0 Å². The maximum absolute atomic E-state index is 13.9. The highest BCUT2D eigenvalue weighted by Crippen LogP contribution is 2.44. The molecule has 0 radical (unpaired) electrons. The smallest absolute Gasteiger partial charge is 0.363 e. The Morgan fingerprint density at radius 3 is 2.53 bits per heavy atom. The molecule has 1 aromatic carbocycles. The Hall–Kier alpha value is -2.82. The van der Waals surface area contributed by atoms with Crippen LogP contribution in [0.25, 0.3) is 0 Å². The topological polar surface area (TPSA) is 68.0 Å². The van der Waals surface area contributed by atoms with Gasteiger partial charge in [-0.25, -0.2) is 4.68 Å². The van der Waals surface area contributed by atoms with E-state index < -0.39 is 24.2 Å². The molecule has 1 amide bonds. The van der Waals surface area contributed by atoms with Gasteiger partial charge in [-0.2, -0.15) is 23.4 Å². The number of carbonyl (C=O) groups excluding carboxylic acids is 1. The number of alkyl halides is 3. The average Bonchev–Trinajstić information content (AvgIpc) is 3.30. The summed E-state index contributed by atoms with van der Waals surface area (Å²) in [5.74, 6) is -0.342. The van der Waals surface area contributed by atoms with Crippen molar-refractivity contribution in [3.05, 3.63) is 63.5 Å². The van der Waals surface area contributed by atoms with Gasteiger partial charge in [0.25, 0.3) is 5.91 Å². The van der Waals surface area contributed by atoms with Gasteiger partial charge in [0, 0.05) is 42.8 Å². The lowest BCUT2D eigenvalue weighted by atomic mass is 9.96. The SMILES string of the molecule is Cc1c(CN(C)C(=O)c2cnn3c2N[C@H](c2ccc(Br)cc2)C[C@@H]3C(F)(F)F)cnn1C. The molecular formula is C21H22BrF3N6O. The molecule has 0 spiro atoms. The summed E-state index contributed by atoms with van der Waals surface area (Å²) in [4.78, 5) is 14.6. The van der Waals surface area contributed by atoms with E-state index in [4.69, 9.17) is 0 Å². The van der Waals surface area contributed by atoms with E-state index in [1.54, 1.807) is 49.2 Å². The minimum atomic E-state index is -4.50. The second-order valence-corrected chi connectivity index (χ2v) is 8.85. The summed E-state index contributed by atoms with van der Waals surface area (Å²) in [5.41, 5.74) is 2.57. The molecule has 3 aromatic rings. The fourth-order valence-electron chi connectivity index (χ4n) is 3.87. The summed E-state index contributed by atoms with van der Waals surface area (Å²) >= 11 is 3.34. The highest BCUT2D eigenvalue weighted by Gasteiger charge is 2.47. The Morgan fingerprint density at radius 2 is 1.94 bits per heavy atom. The van der Waals surface area contributed by atoms with Crippen molar-refractivity contribution >= 4 is 27.7 Å². The molecule has 2 aromatic heterocycles. The highest BCUT2D eigenvalue weighted by atomic mass is 79.9. The van der Waals surface area contributed by atoms with Crippen molar-refractivity contribution in [2.75, 3.05) is 12.4 Å². The maximum Gasteiger partial charge on any atom is 0.410 e. The van der Waals surface area contributed by atoms with Gasteiger partial charge in [0.15, 0.2) is 6.04 Å². The number of anilines is 1. The van der Waals surface area contributed by atoms with E-state index in [9.17, 15) is 18.0 Å². The zero-order valence-corrected chi connectivity index (χ0v) is 19.3. The number of hydrogen-bond acceptors (Lipinski definition) is 4. The van der Waals surface area contributed by atoms with Crippen molar-refractivity contribution in [2.24, 2.45) is 7.05 Å². The Bertz CT molecular complexity index is 1140. The average molecular weight is 511 g/mol. The van der Waals surface area contributed by atoms with Crippen LogP contribution in [0, 0.1) is 6.92 Å². The first-order chi connectivity index (χ1) is 15.1. The van der Waals surface area contributed by atoms with Crippen molar-refractivity contribution < 1.29 is 18.0 Å². The first-order valence-electron chi connectivity index (χ1n) is 9.95. The lowest BCUT2D eigenvalue weighted by Gasteiger charge is -2.34. The van der Waals surface area contributed by atoms with Gasteiger partial charge in [0.1, 0.15) is 11.4 Å². The molecule has 0 saturated carbocycles. The minimum Gasteiger partial charge on any atom is -0.363 e. The number of benzene rings is 1. The normalized spacial score (nSPS) is 18.2. The highest BCUT2D eigenvalue weighted by molar-refractivity contribution is 9.10. The fraction of sp³-hybridized carbons (Fsp3) is 0.381. The van der Waals surface area contributed by atoms with Gasteiger partial charge in [-0.05, 0) is 24.6 Å². The Balaban J connectivity index is 1.66. The second-order valence-electron chi connectivity index (χ2n) is 7.93. The second kappa shape index (κ2) is 8.27. The number of hydrogen-bond donors (Lipinski definition) is 1. The minimum absolute atomic E-state index is 0.0752. The number of amides is 1. The Morgan fingerprint density at radius 1 is 1.25 bits per heavy atom. The lowest BCUT2D eigenvalue weighted by molar-refractivity contribution is -0.173. The number of aromatic nitrogens is 4. The third kappa shape index (κ3) is 4.13. The largest absolute Gasteiger partial charge is 0.410 e. The van der Waals surface area contributed by atoms with Crippen LogP contribution in [0.1, 0.15) is 45.7 Å². The zero-order valence-electron chi connectivity index (χ0n) is 17.7. The van der Waals surface area contributed by atoms with E-state index in [1.165, 1.54) is 11.1 Å². The van der Waals surface area contributed by atoms with Gasteiger partial charge < -0.3 is 10.2 Å². The van der Waals surface area contributed by atoms with Crippen LogP contribution in [0.3, 0.4) is 0 Å². The van der Waals surface area contributed by atoms with Gasteiger partial charge >= 0.3 is 6.18 Å². The molecule has 0 saturated heterocycles. The number of carbonyl (C=O) groups is 1. The van der Waals surface area contributed by atoms with Crippen molar-refractivity contribution in [2.45, 2.75) is 38.1 Å². The lowest BCUT2D eigenvalue weighted by Crippen LogP contribution is -2.36. The standard InChI is InChI=1S/C21H22BrF3N6O/c1-12-14(9-26-30(12)3)11-29(2)20(32)16-10-27-31-18(21(23,24)25)8-17(28-19(16)31)13-4-6-15(22)7-5-13/h4-7,9-10,17-18,28H,8,11H2,1-3H3/t17-,18+/m0/s1. The molecule has 3 heterocycles. The first kappa shape index (κ1) is 22.4. The van der Waals surface area contributed by atoms with E-state index in [-0.39, 0.29) is 24.3 Å². The summed E-state index contributed by atoms with van der Waals surface area (Å²) in [7, 11) is 3.41. The van der Waals surface area contributed by atoms with E-state index in [1.807, 2.05) is 6.92 Å². The van der Waals surface area contributed by atoms with Crippen molar-refractivity contribution in [3.8, 4) is 0 Å². The van der Waals surface area contributed by atoms with Crippen LogP contribution in [0.5, 0.6) is 0 Å². The van der Waals surface area contributed by atoms with Crippen LogP contribution >= 0.6 is 15.9 Å². The molecule has 32 heavy (non-hydrogen) atoms. The van der Waals surface area contributed by atoms with Crippen molar-refractivity contribution in [3.63, 3.8) is 0 Å². The third-order valence-corrected chi connectivity index (χ3v) is 6.36. The molecule has 4 rings (SSSR count). The van der Waals surface area contributed by atoms with Crippen LogP contribution in [0.4, 0.5) is 19.0 Å². The number of nitrogens with zero attached hydrogens (tertiary/aromatic N) is 5. The molecular weight excluding hydrogens is 489 g/mol. The molecule has 1 N–H and O–H groups in total. The van der Waals surface area contributed by atoms with E-state index >= 15 is 0 Å². The van der Waals surface area contributed by atoms with Crippen LogP contribution in [-0.2, 0) is 13.6 Å². The molecule has 0 bridgehead atoms. The monoisotopic (exact) mass is 510 g/mol. The van der Waals surface area contributed by atoms with Crippen molar-refractivity contribution in [1.82, 2.24) is 24.5 Å². The number of halogens is 4. The summed E-state index contributed by atoms with van der Waals surface area (Å²) < 4.78 is 45.0. The van der Waals surface area contributed by atoms with E-state index in [0.29, 0.717) is 5.56 Å². The predicted octanol–water partition coefficient (Wildman–Crippen LogP) is 4.62. The van der Waals surface area contributed by atoms with Crippen LogP contribution in [-0.4, -0.2) is 43.6 Å². The van der Waals surface area contributed by atoms with Gasteiger partial charge in [-0.3, -0.25) is 9.48 Å². The number of nitrogens with one attached hydrogen (secondary N) is 1. The number of aryl methyl sites for hydroxylation is 1. The summed E-state index contributed by atoms with van der Waals surface area (Å²) in [6.07, 6.45) is -1.85. The maximum atomic E-state index is 13.9. The first-order valence-corrected chi connectivity index (χ1v) is 10.7. The fourth-order valence-corrected chi connectivity index (χ4v) is 4.13. The van der Waals surface area contributed by atoms with Gasteiger partial charge in [-0.15, -0.1) is 0 Å². The summed E-state index contributed by atoms with van der Waals surface area (Å²) in [6.45, 7) is 2.17. The van der Waals surface area contributed by atoms with Crippen molar-refractivity contribution in [1.29, 1.82) is 0 Å². The van der Waals surface area contributed by atoms with Gasteiger partial charge in [-0.1, -0.05) is 28.1 Å². The van der Waals surface area contributed by atoms with Gasteiger partial charge in [0.05, 0.1) is 18.4 Å². The molecule has 2 atom stereocenters. The molecule has 1 aliphatic rings. The summed E-state index contributed by atoms with van der Waals surface area (Å²) in [5, 5.41) is 11.2. The quantitative estimate of drug-likeness (QED) is 0.556. The molecule has 170 valence electrons. The molecule has 11 heteroatoms. The summed E-state index contributed by atoms with van der Waals surface area (Å²) in [6, 6.07) is 4.64. The van der Waals surface area contributed by atoms with E-state index in [0.717, 1.165) is 20.4 Å². The zero-order chi connectivity index (χ0) is 23.2. The predicted molar refractivity (Wildman–Crippen MR) is 116 cm³/mol. The molecule has 1 aliphatic heterocycles. The third-order valence-electron chi connectivity index (χ3n) is 5.83. The van der Waals surface area contributed by atoms with Gasteiger partial charge in [0.2, 0.25) is 0 Å². The molecule has 0 unspecified atom stereocenters. The molecule has 7 nitrogen and oxygen atoms in total. The number of rotatable bonds is 4. The Kier molecular flexibility index (Phi) is 5.78. The molecule has 0 fully saturated rings. The van der Waals surface area contributed by atoms with Crippen LogP contribution < -0.4 is 5.32 Å². The molecule has 0 aliphatic carbocycles. The van der Waals surface area contributed by atoms with Crippen LogP contribution in [0.15, 0.2) is 41.1 Å². The number of fused-ring (bicyclic) bond motifs is 1. The Labute approximate surface area is 191 Å².